The smallest absolute Gasteiger partial charge is 0.226 e. The van der Waals surface area contributed by atoms with Crippen molar-refractivity contribution in [1.82, 2.24) is 9.80 Å². The second-order valence-electron chi connectivity index (χ2n) is 7.23. The molecule has 0 radical (unpaired) electrons. The first-order chi connectivity index (χ1) is 12.2. The molecule has 2 fully saturated rings. The van der Waals surface area contributed by atoms with Gasteiger partial charge in [0.05, 0.1) is 0 Å². The van der Waals surface area contributed by atoms with Crippen molar-refractivity contribution < 1.29 is 9.59 Å². The highest BCUT2D eigenvalue weighted by Crippen LogP contribution is 2.32. The highest BCUT2D eigenvalue weighted by Gasteiger charge is 2.37. The zero-order valence-electron chi connectivity index (χ0n) is 14.9. The Kier molecular flexibility index (Phi) is 6.08. The van der Waals surface area contributed by atoms with Crippen molar-refractivity contribution in [3.05, 3.63) is 35.9 Å². The summed E-state index contributed by atoms with van der Waals surface area (Å²) in [5.74, 6) is 0.517. The van der Waals surface area contributed by atoms with Crippen LogP contribution in [0.15, 0.2) is 30.3 Å². The summed E-state index contributed by atoms with van der Waals surface area (Å²) >= 11 is 0. The Balaban J connectivity index is 1.54. The summed E-state index contributed by atoms with van der Waals surface area (Å²) in [5.41, 5.74) is 6.67. The van der Waals surface area contributed by atoms with Gasteiger partial charge in [-0.1, -0.05) is 30.3 Å². The highest BCUT2D eigenvalue weighted by atomic mass is 16.2. The molecule has 1 aliphatic heterocycles. The molecule has 136 valence electrons. The minimum Gasteiger partial charge on any atom is -0.343 e. The molecule has 0 aromatic heterocycles. The average Bonchev–Trinajstić information content (AvgIpc) is 3.49. The summed E-state index contributed by atoms with van der Waals surface area (Å²) in [6.45, 7) is 2.66. The van der Waals surface area contributed by atoms with Crippen LogP contribution in [0.4, 0.5) is 0 Å². The normalized spacial score (nSPS) is 18.2. The zero-order chi connectivity index (χ0) is 17.6. The number of rotatable bonds is 7. The molecule has 1 aromatic carbocycles. The summed E-state index contributed by atoms with van der Waals surface area (Å²) < 4.78 is 0. The van der Waals surface area contributed by atoms with E-state index in [-0.39, 0.29) is 17.7 Å². The van der Waals surface area contributed by atoms with E-state index in [1.165, 1.54) is 5.56 Å². The molecule has 1 aliphatic carbocycles. The van der Waals surface area contributed by atoms with E-state index in [0.29, 0.717) is 38.6 Å². The molecule has 1 saturated carbocycles. The Morgan fingerprint density at radius 2 is 1.76 bits per heavy atom. The second-order valence-corrected chi connectivity index (χ2v) is 7.23. The molecule has 2 amide bonds. The van der Waals surface area contributed by atoms with Crippen molar-refractivity contribution >= 4 is 11.8 Å². The van der Waals surface area contributed by atoms with E-state index < -0.39 is 0 Å². The Morgan fingerprint density at radius 1 is 1.08 bits per heavy atom. The summed E-state index contributed by atoms with van der Waals surface area (Å²) in [5, 5.41) is 0. The van der Waals surface area contributed by atoms with E-state index in [0.717, 1.165) is 32.1 Å². The number of carbonyl (C=O) groups is 2. The van der Waals surface area contributed by atoms with E-state index in [1.807, 2.05) is 23.1 Å². The van der Waals surface area contributed by atoms with E-state index in [9.17, 15) is 9.59 Å². The molecule has 0 bridgehead atoms. The molecule has 5 heteroatoms. The Morgan fingerprint density at radius 3 is 2.36 bits per heavy atom. The number of nitrogens with two attached hydrogens (primary N) is 1. The quantitative estimate of drug-likeness (QED) is 0.825. The summed E-state index contributed by atoms with van der Waals surface area (Å²) in [6.07, 6.45) is 5.07. The van der Waals surface area contributed by atoms with E-state index >= 15 is 0 Å². The van der Waals surface area contributed by atoms with Crippen molar-refractivity contribution in [2.75, 3.05) is 19.6 Å². The molecule has 2 N–H and O–H groups in total. The van der Waals surface area contributed by atoms with Crippen LogP contribution in [0, 0.1) is 5.92 Å². The molecule has 25 heavy (non-hydrogen) atoms. The standard InChI is InChI=1S/C20H29N3O2/c21-12-4-7-19(24)22-13-10-17(11-14-22)20(25)23(18-8-9-18)15-16-5-2-1-3-6-16/h1-3,5-6,17-18H,4,7-15,21H2. The van der Waals surface area contributed by atoms with Gasteiger partial charge < -0.3 is 15.5 Å². The third kappa shape index (κ3) is 4.82. The van der Waals surface area contributed by atoms with Gasteiger partial charge in [0.2, 0.25) is 11.8 Å². The van der Waals surface area contributed by atoms with Gasteiger partial charge in [0.25, 0.3) is 0 Å². The van der Waals surface area contributed by atoms with Gasteiger partial charge in [0.1, 0.15) is 0 Å². The van der Waals surface area contributed by atoms with Gasteiger partial charge in [-0.25, -0.2) is 0 Å². The number of benzene rings is 1. The van der Waals surface area contributed by atoms with Crippen LogP contribution in [0.2, 0.25) is 0 Å². The van der Waals surface area contributed by atoms with Gasteiger partial charge in [-0.2, -0.15) is 0 Å². The fourth-order valence-electron chi connectivity index (χ4n) is 3.58. The van der Waals surface area contributed by atoms with Crippen molar-refractivity contribution in [1.29, 1.82) is 0 Å². The van der Waals surface area contributed by atoms with Gasteiger partial charge in [0, 0.05) is 38.0 Å². The van der Waals surface area contributed by atoms with Gasteiger partial charge in [-0.15, -0.1) is 0 Å². The van der Waals surface area contributed by atoms with Crippen molar-refractivity contribution in [2.24, 2.45) is 11.7 Å². The molecule has 2 aliphatic rings. The van der Waals surface area contributed by atoms with E-state index in [1.54, 1.807) is 0 Å². The van der Waals surface area contributed by atoms with Gasteiger partial charge >= 0.3 is 0 Å². The zero-order valence-corrected chi connectivity index (χ0v) is 14.9. The fourth-order valence-corrected chi connectivity index (χ4v) is 3.58. The van der Waals surface area contributed by atoms with E-state index in [4.69, 9.17) is 5.73 Å². The third-order valence-corrected chi connectivity index (χ3v) is 5.26. The van der Waals surface area contributed by atoms with Crippen molar-refractivity contribution in [3.8, 4) is 0 Å². The molecule has 1 saturated heterocycles. The average molecular weight is 343 g/mol. The fraction of sp³-hybridized carbons (Fsp3) is 0.600. The number of amides is 2. The highest BCUT2D eigenvalue weighted by molar-refractivity contribution is 5.80. The van der Waals surface area contributed by atoms with Crippen molar-refractivity contribution in [3.63, 3.8) is 0 Å². The molecule has 1 aromatic rings. The maximum absolute atomic E-state index is 13.0. The van der Waals surface area contributed by atoms with Gasteiger partial charge in [-0.05, 0) is 44.2 Å². The molecule has 5 nitrogen and oxygen atoms in total. The molecular weight excluding hydrogens is 314 g/mol. The number of hydrogen-bond acceptors (Lipinski definition) is 3. The molecule has 3 rings (SSSR count). The molecule has 0 unspecified atom stereocenters. The van der Waals surface area contributed by atoms with Gasteiger partial charge in [0.15, 0.2) is 0 Å². The van der Waals surface area contributed by atoms with Crippen LogP contribution in [0.3, 0.4) is 0 Å². The first-order valence-corrected chi connectivity index (χ1v) is 9.51. The predicted octanol–water partition coefficient (Wildman–Crippen LogP) is 2.16. The van der Waals surface area contributed by atoms with Crippen LogP contribution in [0.1, 0.15) is 44.1 Å². The molecule has 0 spiro atoms. The first kappa shape index (κ1) is 17.9. The third-order valence-electron chi connectivity index (χ3n) is 5.26. The minimum atomic E-state index is 0.0582. The minimum absolute atomic E-state index is 0.0582. The van der Waals surface area contributed by atoms with Crippen molar-refractivity contribution in [2.45, 2.75) is 51.1 Å². The first-order valence-electron chi connectivity index (χ1n) is 9.51. The van der Waals surface area contributed by atoms with Crippen LogP contribution in [0.25, 0.3) is 0 Å². The van der Waals surface area contributed by atoms with Crippen LogP contribution in [-0.4, -0.2) is 47.3 Å². The number of nitrogens with zero attached hydrogens (tertiary/aromatic N) is 2. The largest absolute Gasteiger partial charge is 0.343 e. The van der Waals surface area contributed by atoms with Crippen LogP contribution in [0.5, 0.6) is 0 Å². The molecular formula is C20H29N3O2. The lowest BCUT2D eigenvalue weighted by atomic mass is 9.94. The molecule has 0 atom stereocenters. The summed E-state index contributed by atoms with van der Waals surface area (Å²) in [4.78, 5) is 29.1. The topological polar surface area (TPSA) is 66.6 Å². The summed E-state index contributed by atoms with van der Waals surface area (Å²) in [7, 11) is 0. The Bertz CT molecular complexity index is 578. The maximum atomic E-state index is 13.0. The Hall–Kier alpha value is -1.88. The lowest BCUT2D eigenvalue weighted by Gasteiger charge is -2.34. The van der Waals surface area contributed by atoms with Crippen LogP contribution < -0.4 is 5.73 Å². The number of hydrogen-bond donors (Lipinski definition) is 1. The van der Waals surface area contributed by atoms with Gasteiger partial charge in [-0.3, -0.25) is 9.59 Å². The monoisotopic (exact) mass is 343 g/mol. The summed E-state index contributed by atoms with van der Waals surface area (Å²) in [6, 6.07) is 10.6. The van der Waals surface area contributed by atoms with Crippen LogP contribution in [-0.2, 0) is 16.1 Å². The Labute approximate surface area is 150 Å². The lowest BCUT2D eigenvalue weighted by Crippen LogP contribution is -2.45. The number of piperidine rings is 1. The second kappa shape index (κ2) is 8.48. The predicted molar refractivity (Wildman–Crippen MR) is 97.6 cm³/mol. The maximum Gasteiger partial charge on any atom is 0.226 e. The number of likely N-dealkylation sites (tertiary alicyclic amines) is 1. The SMILES string of the molecule is NCCCC(=O)N1CCC(C(=O)N(Cc2ccccc2)C2CC2)CC1. The van der Waals surface area contributed by atoms with E-state index in [2.05, 4.69) is 17.0 Å². The lowest BCUT2D eigenvalue weighted by molar-refractivity contribution is -0.141. The number of carbonyl (C=O) groups excluding carboxylic acids is 2. The molecule has 1 heterocycles. The van der Waals surface area contributed by atoms with Crippen LogP contribution >= 0.6 is 0 Å².